The Bertz CT molecular complexity index is 1060. The number of benzene rings is 3. The topological polar surface area (TPSA) is 59.6 Å². The second-order valence-electron chi connectivity index (χ2n) is 7.10. The number of rotatable bonds is 5. The van der Waals surface area contributed by atoms with Gasteiger partial charge < -0.3 is 15.4 Å². The summed E-state index contributed by atoms with van der Waals surface area (Å²) in [6.07, 6.45) is -8.73. The molecular formula is C23H18F4N2O3. The quantitative estimate of drug-likeness (QED) is 0.498. The van der Waals surface area contributed by atoms with Crippen molar-refractivity contribution in [3.8, 4) is 5.75 Å². The predicted molar refractivity (Wildman–Crippen MR) is 109 cm³/mol. The molecule has 5 nitrogen and oxygen atoms in total. The molecule has 1 heterocycles. The van der Waals surface area contributed by atoms with E-state index in [1.165, 1.54) is 6.07 Å². The molecule has 0 saturated carbocycles. The van der Waals surface area contributed by atoms with Crippen molar-refractivity contribution < 1.29 is 31.8 Å². The molecule has 0 aliphatic carbocycles. The predicted octanol–water partition coefficient (Wildman–Crippen LogP) is 5.65. The van der Waals surface area contributed by atoms with Gasteiger partial charge in [0.2, 0.25) is 0 Å². The molecule has 2 N–H and O–H groups in total. The van der Waals surface area contributed by atoms with Gasteiger partial charge in [-0.25, -0.2) is 9.53 Å². The van der Waals surface area contributed by atoms with Gasteiger partial charge in [-0.15, -0.1) is 8.78 Å². The van der Waals surface area contributed by atoms with Gasteiger partial charge in [0.25, 0.3) is 0 Å². The second kappa shape index (κ2) is 8.51. The Morgan fingerprint density at radius 1 is 0.875 bits per heavy atom. The number of carbonyl (C=O) groups excluding carboxylic acids is 1. The van der Waals surface area contributed by atoms with Crippen LogP contribution < -0.4 is 15.4 Å². The second-order valence-corrected chi connectivity index (χ2v) is 7.10. The summed E-state index contributed by atoms with van der Waals surface area (Å²) in [6, 6.07) is 21.4. The Morgan fingerprint density at radius 3 is 2.06 bits per heavy atom. The van der Waals surface area contributed by atoms with E-state index in [2.05, 4.69) is 20.1 Å². The van der Waals surface area contributed by atoms with Crippen LogP contribution in [0.15, 0.2) is 78.9 Å². The molecule has 0 saturated heterocycles. The van der Waals surface area contributed by atoms with Crippen molar-refractivity contribution in [1.29, 1.82) is 0 Å². The van der Waals surface area contributed by atoms with Crippen molar-refractivity contribution in [1.82, 2.24) is 5.32 Å². The lowest BCUT2D eigenvalue weighted by atomic mass is 9.91. The molecule has 2 amide bonds. The fourth-order valence-electron chi connectivity index (χ4n) is 3.45. The number of anilines is 1. The van der Waals surface area contributed by atoms with Crippen LogP contribution in [-0.2, 0) is 10.8 Å². The molecule has 3 aromatic carbocycles. The fourth-order valence-corrected chi connectivity index (χ4v) is 3.45. The summed E-state index contributed by atoms with van der Waals surface area (Å²) in [7, 11) is 0. The third-order valence-electron chi connectivity index (χ3n) is 4.90. The largest absolute Gasteiger partial charge is 0.540 e. The number of nitrogens with one attached hydrogen (secondary N) is 2. The van der Waals surface area contributed by atoms with E-state index in [0.717, 1.165) is 23.3 Å². The minimum absolute atomic E-state index is 0.0330. The van der Waals surface area contributed by atoms with Gasteiger partial charge in [-0.3, -0.25) is 0 Å². The van der Waals surface area contributed by atoms with Crippen molar-refractivity contribution in [2.45, 2.75) is 18.3 Å². The molecular weight excluding hydrogens is 428 g/mol. The van der Waals surface area contributed by atoms with Crippen LogP contribution in [0.25, 0.3) is 0 Å². The Hall–Kier alpha value is -3.59. The van der Waals surface area contributed by atoms with Crippen molar-refractivity contribution in [3.05, 3.63) is 95.6 Å². The minimum Gasteiger partial charge on any atom is -0.409 e. The SMILES string of the molecule is O=C(NCC(c1ccccc1)c1ccccc1)Nc1ccc2c(c1)C(F)(F)OC(F)(F)O2. The lowest BCUT2D eigenvalue weighted by Crippen LogP contribution is -2.41. The zero-order chi connectivity index (χ0) is 22.8. The molecule has 0 spiro atoms. The maximum atomic E-state index is 13.9. The Balaban J connectivity index is 1.47. The summed E-state index contributed by atoms with van der Waals surface area (Å²) in [5, 5.41) is 5.15. The number of amides is 2. The molecule has 32 heavy (non-hydrogen) atoms. The van der Waals surface area contributed by atoms with E-state index in [1.54, 1.807) is 0 Å². The minimum atomic E-state index is -4.45. The van der Waals surface area contributed by atoms with Crippen molar-refractivity contribution in [2.75, 3.05) is 11.9 Å². The maximum absolute atomic E-state index is 13.9. The van der Waals surface area contributed by atoms with Crippen LogP contribution >= 0.6 is 0 Å². The smallest absolute Gasteiger partial charge is 0.409 e. The average molecular weight is 446 g/mol. The number of halogens is 4. The average Bonchev–Trinajstić information content (AvgIpc) is 2.75. The third-order valence-corrected chi connectivity index (χ3v) is 4.90. The van der Waals surface area contributed by atoms with Crippen LogP contribution in [0, 0.1) is 0 Å². The molecule has 1 aliphatic rings. The molecule has 9 heteroatoms. The van der Waals surface area contributed by atoms with Crippen molar-refractivity contribution in [2.24, 2.45) is 0 Å². The van der Waals surface area contributed by atoms with Gasteiger partial charge >= 0.3 is 18.4 Å². The van der Waals surface area contributed by atoms with Gasteiger partial charge in [-0.1, -0.05) is 60.7 Å². The summed E-state index contributed by atoms with van der Waals surface area (Å²) in [5.41, 5.74) is 1.03. The zero-order valence-electron chi connectivity index (χ0n) is 16.5. The van der Waals surface area contributed by atoms with E-state index in [0.29, 0.717) is 0 Å². The first-order valence-corrected chi connectivity index (χ1v) is 9.68. The van der Waals surface area contributed by atoms with Crippen LogP contribution in [0.2, 0.25) is 0 Å². The highest BCUT2D eigenvalue weighted by Gasteiger charge is 2.54. The summed E-state index contributed by atoms with van der Waals surface area (Å²) >= 11 is 0. The van der Waals surface area contributed by atoms with Crippen LogP contribution in [0.4, 0.5) is 28.0 Å². The Kier molecular flexibility index (Phi) is 5.75. The number of carbonyl (C=O) groups is 1. The number of urea groups is 1. The van der Waals surface area contributed by atoms with Crippen molar-refractivity contribution in [3.63, 3.8) is 0 Å². The monoisotopic (exact) mass is 446 g/mol. The van der Waals surface area contributed by atoms with Gasteiger partial charge in [0, 0.05) is 18.2 Å². The van der Waals surface area contributed by atoms with Crippen LogP contribution in [-0.4, -0.2) is 18.9 Å². The van der Waals surface area contributed by atoms with E-state index in [4.69, 9.17) is 0 Å². The van der Waals surface area contributed by atoms with E-state index >= 15 is 0 Å². The standard InChI is InChI=1S/C23H18F4N2O3/c24-22(25)19-13-17(11-12-20(19)31-23(26,27)32-22)29-21(30)28-14-18(15-7-3-1-4-8-15)16-9-5-2-6-10-16/h1-13,18H,14H2,(H2,28,29,30). The van der Waals surface area contributed by atoms with Gasteiger partial charge in [-0.2, -0.15) is 8.78 Å². The highest BCUT2D eigenvalue weighted by atomic mass is 19.3. The molecule has 0 bridgehead atoms. The normalized spacial score (nSPS) is 16.0. The summed E-state index contributed by atoms with van der Waals surface area (Å²) < 4.78 is 61.7. The summed E-state index contributed by atoms with van der Waals surface area (Å²) in [6.45, 7) is 0.236. The molecule has 0 aromatic heterocycles. The molecule has 3 aromatic rings. The summed E-state index contributed by atoms with van der Waals surface area (Å²) in [4.78, 5) is 12.4. The van der Waals surface area contributed by atoms with E-state index in [-0.39, 0.29) is 18.2 Å². The summed E-state index contributed by atoms with van der Waals surface area (Å²) in [5.74, 6) is -0.870. The van der Waals surface area contributed by atoms with Gasteiger partial charge in [0.1, 0.15) is 5.75 Å². The Morgan fingerprint density at radius 2 is 1.47 bits per heavy atom. The number of hydrogen-bond acceptors (Lipinski definition) is 3. The first-order chi connectivity index (χ1) is 15.2. The molecule has 0 atom stereocenters. The highest BCUT2D eigenvalue weighted by Crippen LogP contribution is 2.46. The number of fused-ring (bicyclic) bond motifs is 1. The lowest BCUT2D eigenvalue weighted by molar-refractivity contribution is -0.461. The van der Waals surface area contributed by atoms with Gasteiger partial charge in [-0.05, 0) is 29.3 Å². The van der Waals surface area contributed by atoms with E-state index < -0.39 is 29.7 Å². The first kappa shape index (κ1) is 21.6. The number of ether oxygens (including phenoxy) is 2. The van der Waals surface area contributed by atoms with Crippen molar-refractivity contribution >= 4 is 11.7 Å². The van der Waals surface area contributed by atoms with Crippen LogP contribution in [0.3, 0.4) is 0 Å². The van der Waals surface area contributed by atoms with E-state index in [9.17, 15) is 22.4 Å². The fraction of sp³-hybridized carbons (Fsp3) is 0.174. The molecule has 0 radical (unpaired) electrons. The molecule has 0 unspecified atom stereocenters. The molecule has 4 rings (SSSR count). The lowest BCUT2D eigenvalue weighted by Gasteiger charge is -2.30. The zero-order valence-corrected chi connectivity index (χ0v) is 16.5. The molecule has 166 valence electrons. The number of hydrogen-bond donors (Lipinski definition) is 2. The highest BCUT2D eigenvalue weighted by molar-refractivity contribution is 5.89. The first-order valence-electron chi connectivity index (χ1n) is 9.68. The number of alkyl halides is 4. The van der Waals surface area contributed by atoms with Gasteiger partial charge in [0.05, 0.1) is 5.56 Å². The van der Waals surface area contributed by atoms with Gasteiger partial charge in [0.15, 0.2) is 0 Å². The maximum Gasteiger partial charge on any atom is 0.540 e. The van der Waals surface area contributed by atoms with E-state index in [1.807, 2.05) is 60.7 Å². The van der Waals surface area contributed by atoms with Crippen LogP contribution in [0.1, 0.15) is 22.6 Å². The third kappa shape index (κ3) is 4.83. The van der Waals surface area contributed by atoms with Crippen LogP contribution in [0.5, 0.6) is 5.75 Å². The Labute approximate surface area is 181 Å². The molecule has 1 aliphatic heterocycles. The molecule has 0 fully saturated rings.